The van der Waals surface area contributed by atoms with Crippen molar-refractivity contribution >= 4 is 23.4 Å². The number of ether oxygens (including phenoxy) is 2. The van der Waals surface area contributed by atoms with Crippen LogP contribution in [0.15, 0.2) is 42.5 Å². The van der Waals surface area contributed by atoms with Crippen molar-refractivity contribution in [3.63, 3.8) is 0 Å². The van der Waals surface area contributed by atoms with Crippen molar-refractivity contribution in [2.75, 3.05) is 13.2 Å². The molecule has 7 heteroatoms. The molecule has 33 heavy (non-hydrogen) atoms. The summed E-state index contributed by atoms with van der Waals surface area (Å²) in [5.74, 6) is 1.25. The Bertz CT molecular complexity index is 990. The van der Waals surface area contributed by atoms with Crippen LogP contribution in [0.25, 0.3) is 0 Å². The van der Waals surface area contributed by atoms with E-state index in [1.807, 2.05) is 36.4 Å². The average Bonchev–Trinajstić information content (AvgIpc) is 3.34. The zero-order valence-corrected chi connectivity index (χ0v) is 19.8. The van der Waals surface area contributed by atoms with E-state index in [1.54, 1.807) is 17.9 Å². The summed E-state index contributed by atoms with van der Waals surface area (Å²) in [7, 11) is 0. The number of hydrogen-bond donors (Lipinski definition) is 1. The van der Waals surface area contributed by atoms with Crippen LogP contribution in [0.1, 0.15) is 50.2 Å². The topological polar surface area (TPSA) is 67.9 Å². The number of aryl methyl sites for hydroxylation is 1. The van der Waals surface area contributed by atoms with Crippen molar-refractivity contribution in [2.45, 2.75) is 64.1 Å². The zero-order chi connectivity index (χ0) is 23.2. The van der Waals surface area contributed by atoms with Gasteiger partial charge in [-0.1, -0.05) is 48.7 Å². The molecule has 1 fully saturated rings. The molecule has 0 radical (unpaired) electrons. The van der Waals surface area contributed by atoms with Gasteiger partial charge in [-0.05, 0) is 55.5 Å². The minimum atomic E-state index is -0.588. The Kier molecular flexibility index (Phi) is 7.76. The molecule has 1 aliphatic heterocycles. The van der Waals surface area contributed by atoms with Crippen LogP contribution >= 0.6 is 11.6 Å². The summed E-state index contributed by atoms with van der Waals surface area (Å²) in [5, 5.41) is 3.71. The number of nitrogens with one attached hydrogen (secondary N) is 1. The van der Waals surface area contributed by atoms with Crippen LogP contribution in [0.3, 0.4) is 0 Å². The van der Waals surface area contributed by atoms with Crippen molar-refractivity contribution in [1.29, 1.82) is 0 Å². The Balaban J connectivity index is 1.46. The number of fused-ring (bicyclic) bond motifs is 1. The molecular formula is C26H31ClN2O4. The molecule has 0 saturated heterocycles. The number of rotatable bonds is 8. The van der Waals surface area contributed by atoms with E-state index in [1.165, 1.54) is 0 Å². The quantitative estimate of drug-likeness (QED) is 0.616. The van der Waals surface area contributed by atoms with Gasteiger partial charge in [0.2, 0.25) is 11.8 Å². The number of carbonyl (C=O) groups excluding carboxylic acids is 2. The molecule has 6 nitrogen and oxygen atoms in total. The highest BCUT2D eigenvalue weighted by Gasteiger charge is 2.28. The number of nitrogens with zero attached hydrogens (tertiary/aromatic N) is 1. The van der Waals surface area contributed by atoms with Crippen LogP contribution in [0.5, 0.6) is 11.5 Å². The van der Waals surface area contributed by atoms with Gasteiger partial charge < -0.3 is 19.7 Å². The predicted octanol–water partition coefficient (Wildman–Crippen LogP) is 4.52. The van der Waals surface area contributed by atoms with Crippen LogP contribution in [0.4, 0.5) is 0 Å². The summed E-state index contributed by atoms with van der Waals surface area (Å²) in [6, 6.07) is 12.8. The van der Waals surface area contributed by atoms with E-state index in [0.29, 0.717) is 37.0 Å². The maximum absolute atomic E-state index is 13.4. The van der Waals surface area contributed by atoms with Gasteiger partial charge in [0.05, 0.1) is 0 Å². The second-order valence-electron chi connectivity index (χ2n) is 8.76. The van der Waals surface area contributed by atoms with Gasteiger partial charge in [0.1, 0.15) is 19.3 Å². The SMILES string of the molecule is CC(C(=O)NC1CCCC1)N(Cc1ccccc1Cl)C(=O)CCc1ccc2c(c1)OCCO2. The molecular weight excluding hydrogens is 440 g/mol. The molecule has 0 aromatic heterocycles. The molecule has 2 amide bonds. The summed E-state index contributed by atoms with van der Waals surface area (Å²) in [4.78, 5) is 28.0. The van der Waals surface area contributed by atoms with Gasteiger partial charge in [0, 0.05) is 24.0 Å². The number of hydrogen-bond acceptors (Lipinski definition) is 4. The molecule has 176 valence electrons. The largest absolute Gasteiger partial charge is 0.486 e. The average molecular weight is 471 g/mol. The van der Waals surface area contributed by atoms with Crippen LogP contribution in [-0.2, 0) is 22.6 Å². The minimum Gasteiger partial charge on any atom is -0.486 e. The molecule has 4 rings (SSSR count). The molecule has 1 saturated carbocycles. The highest BCUT2D eigenvalue weighted by atomic mass is 35.5. The number of halogens is 1. The first-order chi connectivity index (χ1) is 16.0. The third-order valence-electron chi connectivity index (χ3n) is 6.40. The molecule has 1 N–H and O–H groups in total. The lowest BCUT2D eigenvalue weighted by atomic mass is 10.1. The molecule has 0 spiro atoms. The predicted molar refractivity (Wildman–Crippen MR) is 128 cm³/mol. The van der Waals surface area contributed by atoms with Crippen LogP contribution in [0, 0.1) is 0 Å². The molecule has 2 aliphatic rings. The minimum absolute atomic E-state index is 0.0844. The Morgan fingerprint density at radius 2 is 1.82 bits per heavy atom. The lowest BCUT2D eigenvalue weighted by Gasteiger charge is -2.30. The van der Waals surface area contributed by atoms with Gasteiger partial charge in [-0.25, -0.2) is 0 Å². The number of carbonyl (C=O) groups is 2. The Labute approximate surface area is 200 Å². The zero-order valence-electron chi connectivity index (χ0n) is 19.0. The molecule has 1 atom stereocenters. The molecule has 1 unspecified atom stereocenters. The molecule has 1 heterocycles. The van der Waals surface area contributed by atoms with Gasteiger partial charge in [0.25, 0.3) is 0 Å². The fraction of sp³-hybridized carbons (Fsp3) is 0.462. The lowest BCUT2D eigenvalue weighted by Crippen LogP contribution is -2.49. The third-order valence-corrected chi connectivity index (χ3v) is 6.77. The summed E-state index contributed by atoms with van der Waals surface area (Å²) in [6.07, 6.45) is 5.10. The molecule has 1 aliphatic carbocycles. The second kappa shape index (κ2) is 10.9. The normalized spacial score (nSPS) is 16.3. The van der Waals surface area contributed by atoms with Crippen LogP contribution in [-0.4, -0.2) is 42.0 Å². The highest BCUT2D eigenvalue weighted by molar-refractivity contribution is 6.31. The van der Waals surface area contributed by atoms with E-state index in [-0.39, 0.29) is 24.3 Å². The van der Waals surface area contributed by atoms with Gasteiger partial charge in [-0.2, -0.15) is 0 Å². The summed E-state index contributed by atoms with van der Waals surface area (Å²) >= 11 is 6.37. The monoisotopic (exact) mass is 470 g/mol. The standard InChI is InChI=1S/C26H31ClN2O4/c1-18(26(31)28-21-7-3-4-8-21)29(17-20-6-2-5-9-22(20)27)25(30)13-11-19-10-12-23-24(16-19)33-15-14-32-23/h2,5-6,9-10,12,16,18,21H,3-4,7-8,11,13-15,17H2,1H3,(H,28,31). The first-order valence-electron chi connectivity index (χ1n) is 11.7. The van der Waals surface area contributed by atoms with E-state index < -0.39 is 6.04 Å². The Morgan fingerprint density at radius 1 is 1.09 bits per heavy atom. The van der Waals surface area contributed by atoms with E-state index in [4.69, 9.17) is 21.1 Å². The fourth-order valence-corrected chi connectivity index (χ4v) is 4.62. The van der Waals surface area contributed by atoms with Crippen LogP contribution in [0.2, 0.25) is 5.02 Å². The first kappa shape index (κ1) is 23.4. The van der Waals surface area contributed by atoms with Crippen molar-refractivity contribution in [2.24, 2.45) is 0 Å². The van der Waals surface area contributed by atoms with Crippen molar-refractivity contribution in [3.8, 4) is 11.5 Å². The summed E-state index contributed by atoms with van der Waals surface area (Å²) in [6.45, 7) is 3.15. The van der Waals surface area contributed by atoms with E-state index in [0.717, 1.165) is 42.6 Å². The van der Waals surface area contributed by atoms with Crippen molar-refractivity contribution in [1.82, 2.24) is 10.2 Å². The van der Waals surface area contributed by atoms with Crippen LogP contribution < -0.4 is 14.8 Å². The summed E-state index contributed by atoms with van der Waals surface area (Å²) in [5.41, 5.74) is 1.82. The fourth-order valence-electron chi connectivity index (χ4n) is 4.42. The van der Waals surface area contributed by atoms with Gasteiger partial charge >= 0.3 is 0 Å². The Morgan fingerprint density at radius 3 is 2.58 bits per heavy atom. The van der Waals surface area contributed by atoms with Crippen molar-refractivity contribution < 1.29 is 19.1 Å². The third kappa shape index (κ3) is 5.99. The van der Waals surface area contributed by atoms with E-state index in [2.05, 4.69) is 5.32 Å². The maximum atomic E-state index is 13.4. The van der Waals surface area contributed by atoms with Gasteiger partial charge in [0.15, 0.2) is 11.5 Å². The molecule has 0 bridgehead atoms. The highest BCUT2D eigenvalue weighted by Crippen LogP contribution is 2.31. The molecule has 2 aromatic rings. The second-order valence-corrected chi connectivity index (χ2v) is 9.16. The Hall–Kier alpha value is -2.73. The van der Waals surface area contributed by atoms with E-state index >= 15 is 0 Å². The smallest absolute Gasteiger partial charge is 0.242 e. The first-order valence-corrected chi connectivity index (χ1v) is 12.1. The van der Waals surface area contributed by atoms with E-state index in [9.17, 15) is 9.59 Å². The van der Waals surface area contributed by atoms with Crippen molar-refractivity contribution in [3.05, 3.63) is 58.6 Å². The lowest BCUT2D eigenvalue weighted by molar-refractivity contribution is -0.140. The van der Waals surface area contributed by atoms with Gasteiger partial charge in [-0.3, -0.25) is 9.59 Å². The molecule has 2 aromatic carbocycles. The van der Waals surface area contributed by atoms with Gasteiger partial charge in [-0.15, -0.1) is 0 Å². The number of amides is 2. The maximum Gasteiger partial charge on any atom is 0.242 e. The number of benzene rings is 2. The summed E-state index contributed by atoms with van der Waals surface area (Å²) < 4.78 is 11.2.